The van der Waals surface area contributed by atoms with Gasteiger partial charge in [0.25, 0.3) is 0 Å². The standard InChI is InChI=1S/C15H17NOS/c1-17-14-6-2-13(3-7-14)11-18-15-8-4-12(10-16)5-9-15/h2-9H,10-11,16H2,1H3. The van der Waals surface area contributed by atoms with Gasteiger partial charge in [0.05, 0.1) is 7.11 Å². The number of nitrogens with two attached hydrogens (primary N) is 1. The van der Waals surface area contributed by atoms with E-state index in [9.17, 15) is 0 Å². The summed E-state index contributed by atoms with van der Waals surface area (Å²) in [4.78, 5) is 1.27. The Bertz CT molecular complexity index is 431. The van der Waals surface area contributed by atoms with Crippen LogP contribution >= 0.6 is 11.8 Å². The van der Waals surface area contributed by atoms with Crippen LogP contribution in [0.15, 0.2) is 53.4 Å². The molecule has 0 aliphatic heterocycles. The predicted molar refractivity (Wildman–Crippen MR) is 76.9 cm³/mol. The van der Waals surface area contributed by atoms with E-state index < -0.39 is 0 Å². The van der Waals surface area contributed by atoms with Crippen LogP contribution in [0.25, 0.3) is 0 Å². The molecule has 0 atom stereocenters. The fourth-order valence-corrected chi connectivity index (χ4v) is 2.46. The van der Waals surface area contributed by atoms with Gasteiger partial charge >= 0.3 is 0 Å². The topological polar surface area (TPSA) is 35.2 Å². The minimum absolute atomic E-state index is 0.601. The van der Waals surface area contributed by atoms with Crippen molar-refractivity contribution < 1.29 is 4.74 Å². The maximum atomic E-state index is 5.57. The van der Waals surface area contributed by atoms with Gasteiger partial charge in [-0.3, -0.25) is 0 Å². The molecule has 2 aromatic carbocycles. The third-order valence-electron chi connectivity index (χ3n) is 2.72. The summed E-state index contributed by atoms with van der Waals surface area (Å²) < 4.78 is 5.14. The summed E-state index contributed by atoms with van der Waals surface area (Å²) in [5.41, 5.74) is 8.04. The van der Waals surface area contributed by atoms with Crippen LogP contribution < -0.4 is 10.5 Å². The third-order valence-corrected chi connectivity index (χ3v) is 3.81. The van der Waals surface area contributed by atoms with Crippen LogP contribution in [0.2, 0.25) is 0 Å². The zero-order chi connectivity index (χ0) is 12.8. The molecule has 0 bridgehead atoms. The van der Waals surface area contributed by atoms with Crippen molar-refractivity contribution in [2.45, 2.75) is 17.2 Å². The predicted octanol–water partition coefficient (Wildman–Crippen LogP) is 3.45. The minimum Gasteiger partial charge on any atom is -0.497 e. The average Bonchev–Trinajstić information content (AvgIpc) is 2.46. The molecule has 0 heterocycles. The Morgan fingerprint density at radius 1 is 0.944 bits per heavy atom. The Morgan fingerprint density at radius 3 is 2.11 bits per heavy atom. The molecule has 2 rings (SSSR count). The molecule has 3 heteroatoms. The van der Waals surface area contributed by atoms with Crippen LogP contribution in [-0.4, -0.2) is 7.11 Å². The van der Waals surface area contributed by atoms with E-state index in [1.54, 1.807) is 7.11 Å². The molecule has 2 N–H and O–H groups in total. The molecule has 2 aromatic rings. The normalized spacial score (nSPS) is 10.3. The molecule has 0 aliphatic rings. The first-order valence-corrected chi connectivity index (χ1v) is 6.85. The highest BCUT2D eigenvalue weighted by molar-refractivity contribution is 7.98. The third kappa shape index (κ3) is 3.52. The first kappa shape index (κ1) is 13.0. The highest BCUT2D eigenvalue weighted by Gasteiger charge is 1.98. The van der Waals surface area contributed by atoms with E-state index in [2.05, 4.69) is 36.4 Å². The van der Waals surface area contributed by atoms with Gasteiger partial charge in [0, 0.05) is 17.2 Å². The lowest BCUT2D eigenvalue weighted by Gasteiger charge is -2.04. The number of benzene rings is 2. The number of rotatable bonds is 5. The number of methoxy groups -OCH3 is 1. The number of hydrogen-bond donors (Lipinski definition) is 1. The second-order valence-electron chi connectivity index (χ2n) is 3.98. The molecule has 0 spiro atoms. The summed E-state index contributed by atoms with van der Waals surface area (Å²) in [6.07, 6.45) is 0. The van der Waals surface area contributed by atoms with Gasteiger partial charge in [-0.05, 0) is 35.4 Å². The largest absolute Gasteiger partial charge is 0.497 e. The van der Waals surface area contributed by atoms with Crippen molar-refractivity contribution in [1.82, 2.24) is 0 Å². The average molecular weight is 259 g/mol. The fraction of sp³-hybridized carbons (Fsp3) is 0.200. The molecular formula is C15H17NOS. The van der Waals surface area contributed by atoms with Crippen LogP contribution in [0.1, 0.15) is 11.1 Å². The Hall–Kier alpha value is -1.45. The molecule has 0 saturated carbocycles. The Labute approximate surface area is 112 Å². The number of hydrogen-bond acceptors (Lipinski definition) is 3. The number of thioether (sulfide) groups is 1. The van der Waals surface area contributed by atoms with Crippen molar-refractivity contribution >= 4 is 11.8 Å². The van der Waals surface area contributed by atoms with Gasteiger partial charge in [0.2, 0.25) is 0 Å². The molecule has 0 amide bonds. The van der Waals surface area contributed by atoms with Crippen molar-refractivity contribution in [3.8, 4) is 5.75 Å². The lowest BCUT2D eigenvalue weighted by atomic mass is 10.2. The molecule has 18 heavy (non-hydrogen) atoms. The smallest absolute Gasteiger partial charge is 0.118 e. The second-order valence-corrected chi connectivity index (χ2v) is 5.03. The van der Waals surface area contributed by atoms with Crippen LogP contribution in [0.5, 0.6) is 5.75 Å². The first-order valence-electron chi connectivity index (χ1n) is 5.86. The maximum Gasteiger partial charge on any atom is 0.118 e. The zero-order valence-corrected chi connectivity index (χ0v) is 11.2. The van der Waals surface area contributed by atoms with Crippen molar-refractivity contribution in [2.75, 3.05) is 7.11 Å². The minimum atomic E-state index is 0.601. The van der Waals surface area contributed by atoms with E-state index >= 15 is 0 Å². The van der Waals surface area contributed by atoms with E-state index in [1.165, 1.54) is 16.0 Å². The summed E-state index contributed by atoms with van der Waals surface area (Å²) in [6, 6.07) is 16.6. The van der Waals surface area contributed by atoms with Crippen LogP contribution in [0, 0.1) is 0 Å². The first-order chi connectivity index (χ1) is 8.81. The highest BCUT2D eigenvalue weighted by atomic mass is 32.2. The van der Waals surface area contributed by atoms with E-state index in [1.807, 2.05) is 23.9 Å². The monoisotopic (exact) mass is 259 g/mol. The lowest BCUT2D eigenvalue weighted by Crippen LogP contribution is -1.94. The SMILES string of the molecule is COc1ccc(CSc2ccc(CN)cc2)cc1. The summed E-state index contributed by atoms with van der Waals surface area (Å²) in [5.74, 6) is 1.86. The Balaban J connectivity index is 1.93. The van der Waals surface area contributed by atoms with Crippen molar-refractivity contribution in [3.63, 3.8) is 0 Å². The highest BCUT2D eigenvalue weighted by Crippen LogP contribution is 2.24. The molecule has 94 valence electrons. The van der Waals surface area contributed by atoms with Crippen LogP contribution in [-0.2, 0) is 12.3 Å². The maximum absolute atomic E-state index is 5.57. The summed E-state index contributed by atoms with van der Waals surface area (Å²) in [5, 5.41) is 0. The van der Waals surface area contributed by atoms with Gasteiger partial charge in [0.15, 0.2) is 0 Å². The van der Waals surface area contributed by atoms with Gasteiger partial charge in [-0.25, -0.2) is 0 Å². The van der Waals surface area contributed by atoms with Gasteiger partial charge in [0.1, 0.15) is 5.75 Å². The molecule has 0 unspecified atom stereocenters. The molecule has 0 radical (unpaired) electrons. The van der Waals surface area contributed by atoms with E-state index in [-0.39, 0.29) is 0 Å². The molecule has 0 saturated heterocycles. The van der Waals surface area contributed by atoms with Crippen LogP contribution in [0.4, 0.5) is 0 Å². The van der Waals surface area contributed by atoms with Crippen molar-refractivity contribution in [1.29, 1.82) is 0 Å². The fourth-order valence-electron chi connectivity index (χ4n) is 1.61. The van der Waals surface area contributed by atoms with Gasteiger partial charge in [-0.15, -0.1) is 11.8 Å². The van der Waals surface area contributed by atoms with Gasteiger partial charge in [-0.2, -0.15) is 0 Å². The lowest BCUT2D eigenvalue weighted by molar-refractivity contribution is 0.414. The molecule has 2 nitrogen and oxygen atoms in total. The summed E-state index contributed by atoms with van der Waals surface area (Å²) in [6.45, 7) is 0.601. The van der Waals surface area contributed by atoms with E-state index in [4.69, 9.17) is 10.5 Å². The molecular weight excluding hydrogens is 242 g/mol. The Morgan fingerprint density at radius 2 is 1.56 bits per heavy atom. The van der Waals surface area contributed by atoms with Gasteiger partial charge < -0.3 is 10.5 Å². The Kier molecular flexibility index (Phi) is 4.67. The molecule has 0 fully saturated rings. The molecule has 0 aliphatic carbocycles. The summed E-state index contributed by atoms with van der Waals surface area (Å²) in [7, 11) is 1.68. The van der Waals surface area contributed by atoms with Gasteiger partial charge in [-0.1, -0.05) is 24.3 Å². The number of ether oxygens (including phenoxy) is 1. The van der Waals surface area contributed by atoms with E-state index in [0.717, 1.165) is 11.5 Å². The van der Waals surface area contributed by atoms with Crippen LogP contribution in [0.3, 0.4) is 0 Å². The van der Waals surface area contributed by atoms with Crippen molar-refractivity contribution in [2.24, 2.45) is 5.73 Å². The quantitative estimate of drug-likeness (QED) is 0.835. The van der Waals surface area contributed by atoms with Crippen molar-refractivity contribution in [3.05, 3.63) is 59.7 Å². The van der Waals surface area contributed by atoms with E-state index in [0.29, 0.717) is 6.54 Å². The zero-order valence-electron chi connectivity index (χ0n) is 10.4. The summed E-state index contributed by atoms with van der Waals surface area (Å²) >= 11 is 1.82. The second kappa shape index (κ2) is 6.47. The molecule has 0 aromatic heterocycles.